The van der Waals surface area contributed by atoms with Gasteiger partial charge in [-0.25, -0.2) is 4.79 Å². The van der Waals surface area contributed by atoms with Crippen LogP contribution in [-0.4, -0.2) is 26.7 Å². The van der Waals surface area contributed by atoms with Crippen LogP contribution in [0, 0.1) is 0 Å². The minimum absolute atomic E-state index is 0.0741. The maximum absolute atomic E-state index is 12.3. The third kappa shape index (κ3) is 3.34. The second-order valence-electron chi connectivity index (χ2n) is 5.78. The largest absolute Gasteiger partial charge is 0.477 e. The molecular formula is C18H16ClN3O4. The molecule has 26 heavy (non-hydrogen) atoms. The van der Waals surface area contributed by atoms with Crippen LogP contribution in [-0.2, 0) is 7.05 Å². The SMILES string of the molecule is CC(NC(=O)c1cccn1C)c1onc(-c2ccc(Cl)cc2)c1C(=O)O. The summed E-state index contributed by atoms with van der Waals surface area (Å²) >= 11 is 5.87. The third-order valence-corrected chi connectivity index (χ3v) is 4.22. The fourth-order valence-electron chi connectivity index (χ4n) is 2.64. The highest BCUT2D eigenvalue weighted by atomic mass is 35.5. The van der Waals surface area contributed by atoms with E-state index in [9.17, 15) is 14.7 Å². The minimum atomic E-state index is -1.19. The lowest BCUT2D eigenvalue weighted by atomic mass is 10.0. The Kier molecular flexibility index (Phi) is 4.81. The van der Waals surface area contributed by atoms with E-state index in [1.54, 1.807) is 61.1 Å². The summed E-state index contributed by atoms with van der Waals surface area (Å²) in [6.07, 6.45) is 1.75. The Balaban J connectivity index is 1.92. The number of carboxylic acids is 1. The number of hydrogen-bond donors (Lipinski definition) is 2. The van der Waals surface area contributed by atoms with Gasteiger partial charge in [-0.1, -0.05) is 28.9 Å². The van der Waals surface area contributed by atoms with Crippen molar-refractivity contribution in [1.82, 2.24) is 15.0 Å². The van der Waals surface area contributed by atoms with Gasteiger partial charge in [-0.2, -0.15) is 0 Å². The standard InChI is InChI=1S/C18H16ClN3O4/c1-10(20-17(23)13-4-3-9-22(13)2)16-14(18(24)25)15(21-26-16)11-5-7-12(19)8-6-11/h3-10H,1-2H3,(H,20,23)(H,24,25). The molecule has 8 heteroatoms. The van der Waals surface area contributed by atoms with E-state index in [0.29, 0.717) is 16.3 Å². The Hall–Kier alpha value is -3.06. The molecule has 7 nitrogen and oxygen atoms in total. The third-order valence-electron chi connectivity index (χ3n) is 3.97. The number of carboxylic acid groups (broad SMARTS) is 1. The molecule has 0 fully saturated rings. The van der Waals surface area contributed by atoms with Gasteiger partial charge >= 0.3 is 5.97 Å². The highest BCUT2D eigenvalue weighted by Gasteiger charge is 2.28. The number of aromatic nitrogens is 2. The van der Waals surface area contributed by atoms with E-state index >= 15 is 0 Å². The number of carbonyl (C=O) groups excluding carboxylic acids is 1. The Bertz CT molecular complexity index is 959. The number of benzene rings is 1. The van der Waals surface area contributed by atoms with Gasteiger partial charge in [0.05, 0.1) is 6.04 Å². The van der Waals surface area contributed by atoms with E-state index < -0.39 is 12.0 Å². The minimum Gasteiger partial charge on any atom is -0.477 e. The van der Waals surface area contributed by atoms with Crippen molar-refractivity contribution in [3.63, 3.8) is 0 Å². The number of aryl methyl sites for hydroxylation is 1. The number of nitrogens with zero attached hydrogens (tertiary/aromatic N) is 2. The number of hydrogen-bond acceptors (Lipinski definition) is 4. The topological polar surface area (TPSA) is 97.4 Å². The Morgan fingerprint density at radius 1 is 1.27 bits per heavy atom. The molecule has 0 bridgehead atoms. The second kappa shape index (κ2) is 7.05. The first-order valence-corrected chi connectivity index (χ1v) is 8.17. The number of amides is 1. The van der Waals surface area contributed by atoms with E-state index in [-0.39, 0.29) is 22.9 Å². The maximum Gasteiger partial charge on any atom is 0.341 e. The molecule has 0 saturated heterocycles. The molecule has 0 aliphatic rings. The molecule has 0 aliphatic heterocycles. The van der Waals surface area contributed by atoms with Gasteiger partial charge in [0.1, 0.15) is 17.0 Å². The van der Waals surface area contributed by atoms with Gasteiger partial charge in [-0.15, -0.1) is 0 Å². The molecule has 134 valence electrons. The summed E-state index contributed by atoms with van der Waals surface area (Å²) in [5.41, 5.74) is 1.10. The van der Waals surface area contributed by atoms with Crippen molar-refractivity contribution in [2.75, 3.05) is 0 Å². The van der Waals surface area contributed by atoms with E-state index in [2.05, 4.69) is 10.5 Å². The van der Waals surface area contributed by atoms with Crippen molar-refractivity contribution in [2.45, 2.75) is 13.0 Å². The molecule has 3 rings (SSSR count). The van der Waals surface area contributed by atoms with Gasteiger partial charge in [0.15, 0.2) is 5.76 Å². The summed E-state index contributed by atoms with van der Waals surface area (Å²) in [7, 11) is 1.75. The lowest BCUT2D eigenvalue weighted by Crippen LogP contribution is -2.28. The van der Waals surface area contributed by atoms with Gasteiger partial charge in [0.2, 0.25) is 0 Å². The van der Waals surface area contributed by atoms with Crippen molar-refractivity contribution in [3.05, 3.63) is 64.6 Å². The zero-order valence-corrected chi connectivity index (χ0v) is 14.8. The summed E-state index contributed by atoms with van der Waals surface area (Å²) in [6, 6.07) is 9.31. The van der Waals surface area contributed by atoms with Crippen LogP contribution >= 0.6 is 11.6 Å². The van der Waals surface area contributed by atoms with Crippen LogP contribution in [0.3, 0.4) is 0 Å². The normalized spacial score (nSPS) is 12.0. The zero-order chi connectivity index (χ0) is 18.8. The van der Waals surface area contributed by atoms with Gasteiger partial charge in [-0.05, 0) is 31.2 Å². The molecule has 2 N–H and O–H groups in total. The number of rotatable bonds is 5. The summed E-state index contributed by atoms with van der Waals surface area (Å²) in [5.74, 6) is -1.46. The summed E-state index contributed by atoms with van der Waals surface area (Å²) in [6.45, 7) is 1.64. The van der Waals surface area contributed by atoms with E-state index in [1.165, 1.54) is 0 Å². The molecule has 0 spiro atoms. The van der Waals surface area contributed by atoms with Gasteiger partial charge in [0.25, 0.3) is 5.91 Å². The van der Waals surface area contributed by atoms with Crippen molar-refractivity contribution in [1.29, 1.82) is 0 Å². The predicted octanol–water partition coefficient (Wildman–Crippen LogP) is 3.52. The first-order chi connectivity index (χ1) is 12.4. The number of nitrogens with one attached hydrogen (secondary N) is 1. The second-order valence-corrected chi connectivity index (χ2v) is 6.22. The van der Waals surface area contributed by atoms with Gasteiger partial charge in [-0.3, -0.25) is 4.79 Å². The Morgan fingerprint density at radius 2 is 1.96 bits per heavy atom. The molecule has 1 amide bonds. The molecule has 0 aliphatic carbocycles. The van der Waals surface area contributed by atoms with Gasteiger partial charge in [0, 0.05) is 23.8 Å². The molecule has 1 unspecified atom stereocenters. The number of aromatic carboxylic acids is 1. The van der Waals surface area contributed by atoms with Crippen molar-refractivity contribution in [2.24, 2.45) is 7.05 Å². The van der Waals surface area contributed by atoms with Crippen LogP contribution in [0.5, 0.6) is 0 Å². The van der Waals surface area contributed by atoms with Crippen LogP contribution in [0.15, 0.2) is 47.1 Å². The average Bonchev–Trinajstić information content (AvgIpc) is 3.21. The Labute approximate surface area is 154 Å². The predicted molar refractivity (Wildman–Crippen MR) is 95.2 cm³/mol. The summed E-state index contributed by atoms with van der Waals surface area (Å²) in [5, 5.41) is 16.8. The van der Waals surface area contributed by atoms with E-state index in [1.807, 2.05) is 0 Å². The molecule has 1 aromatic carbocycles. The smallest absolute Gasteiger partial charge is 0.341 e. The van der Waals surface area contributed by atoms with E-state index in [0.717, 1.165) is 0 Å². The van der Waals surface area contributed by atoms with Crippen molar-refractivity contribution >= 4 is 23.5 Å². The number of halogens is 1. The van der Waals surface area contributed by atoms with Crippen molar-refractivity contribution < 1.29 is 19.2 Å². The molecule has 0 radical (unpaired) electrons. The number of carbonyl (C=O) groups is 2. The highest BCUT2D eigenvalue weighted by molar-refractivity contribution is 6.30. The lowest BCUT2D eigenvalue weighted by Gasteiger charge is -2.12. The van der Waals surface area contributed by atoms with Crippen LogP contribution < -0.4 is 5.32 Å². The zero-order valence-electron chi connectivity index (χ0n) is 14.1. The van der Waals surface area contributed by atoms with Crippen LogP contribution in [0.1, 0.15) is 39.6 Å². The molecule has 3 aromatic rings. The average molecular weight is 374 g/mol. The maximum atomic E-state index is 12.3. The van der Waals surface area contributed by atoms with Crippen LogP contribution in [0.25, 0.3) is 11.3 Å². The summed E-state index contributed by atoms with van der Waals surface area (Å²) in [4.78, 5) is 24.1. The highest BCUT2D eigenvalue weighted by Crippen LogP contribution is 2.30. The molecular weight excluding hydrogens is 358 g/mol. The first kappa shape index (κ1) is 17.8. The fraction of sp³-hybridized carbons (Fsp3) is 0.167. The van der Waals surface area contributed by atoms with Crippen LogP contribution in [0.2, 0.25) is 5.02 Å². The molecule has 2 heterocycles. The summed E-state index contributed by atoms with van der Waals surface area (Å²) < 4.78 is 6.93. The quantitative estimate of drug-likeness (QED) is 0.713. The van der Waals surface area contributed by atoms with E-state index in [4.69, 9.17) is 16.1 Å². The van der Waals surface area contributed by atoms with Gasteiger partial charge < -0.3 is 19.5 Å². The fourth-order valence-corrected chi connectivity index (χ4v) is 2.77. The molecule has 2 aromatic heterocycles. The van der Waals surface area contributed by atoms with Crippen molar-refractivity contribution in [3.8, 4) is 11.3 Å². The first-order valence-electron chi connectivity index (χ1n) is 7.79. The lowest BCUT2D eigenvalue weighted by molar-refractivity contribution is 0.0692. The van der Waals surface area contributed by atoms with Crippen LogP contribution in [0.4, 0.5) is 0 Å². The monoisotopic (exact) mass is 373 g/mol. The Morgan fingerprint density at radius 3 is 2.54 bits per heavy atom. The molecule has 0 saturated carbocycles. The molecule has 1 atom stereocenters.